The van der Waals surface area contributed by atoms with Crippen LogP contribution in [0, 0.1) is 18.8 Å². The number of fused-ring (bicyclic) bond motifs is 1. The molecule has 2 aliphatic rings. The summed E-state index contributed by atoms with van der Waals surface area (Å²) in [6.45, 7) is 5.08. The van der Waals surface area contributed by atoms with Gasteiger partial charge in [-0.15, -0.1) is 10.2 Å². The molecule has 0 saturated heterocycles. The van der Waals surface area contributed by atoms with Gasteiger partial charge in [-0.1, -0.05) is 6.92 Å². The number of rotatable bonds is 2. The van der Waals surface area contributed by atoms with Crippen molar-refractivity contribution in [3.63, 3.8) is 0 Å². The van der Waals surface area contributed by atoms with Crippen LogP contribution in [0.3, 0.4) is 0 Å². The molecule has 1 aromatic heterocycles. The first-order chi connectivity index (χ1) is 9.63. The molecule has 1 fully saturated rings. The Balaban J connectivity index is 1.56. The van der Waals surface area contributed by atoms with E-state index < -0.39 is 0 Å². The molecule has 0 bridgehead atoms. The SMILES string of the molecule is Cc1nnc2n1CC(NC(=O)C1CCC(C)CC1)CC2. The van der Waals surface area contributed by atoms with E-state index in [4.69, 9.17) is 0 Å². The Labute approximate surface area is 120 Å². The van der Waals surface area contributed by atoms with Crippen LogP contribution in [0.4, 0.5) is 0 Å². The Morgan fingerprint density at radius 2 is 1.95 bits per heavy atom. The van der Waals surface area contributed by atoms with E-state index in [0.717, 1.165) is 49.8 Å². The van der Waals surface area contributed by atoms with Gasteiger partial charge in [0.1, 0.15) is 11.6 Å². The van der Waals surface area contributed by atoms with Crippen molar-refractivity contribution < 1.29 is 4.79 Å². The molecule has 0 aromatic carbocycles. The number of aromatic nitrogens is 3. The maximum atomic E-state index is 12.4. The minimum Gasteiger partial charge on any atom is -0.351 e. The first kappa shape index (κ1) is 13.6. The average Bonchev–Trinajstić information content (AvgIpc) is 2.81. The molecule has 110 valence electrons. The van der Waals surface area contributed by atoms with Gasteiger partial charge in [0.2, 0.25) is 5.91 Å². The lowest BCUT2D eigenvalue weighted by Gasteiger charge is -2.29. The molecule has 5 nitrogen and oxygen atoms in total. The van der Waals surface area contributed by atoms with E-state index in [1.165, 1.54) is 12.8 Å². The Bertz CT molecular complexity index is 488. The van der Waals surface area contributed by atoms with Gasteiger partial charge in [-0.3, -0.25) is 4.79 Å². The molecule has 1 unspecified atom stereocenters. The van der Waals surface area contributed by atoms with Crippen molar-refractivity contribution in [3.8, 4) is 0 Å². The molecule has 1 aromatic rings. The number of hydrogen-bond acceptors (Lipinski definition) is 3. The monoisotopic (exact) mass is 276 g/mol. The van der Waals surface area contributed by atoms with Gasteiger partial charge in [-0.05, 0) is 44.9 Å². The number of carbonyl (C=O) groups excluding carboxylic acids is 1. The summed E-state index contributed by atoms with van der Waals surface area (Å²) < 4.78 is 2.14. The van der Waals surface area contributed by atoms with Gasteiger partial charge in [0.25, 0.3) is 0 Å². The number of nitrogens with one attached hydrogen (secondary N) is 1. The third kappa shape index (κ3) is 2.72. The van der Waals surface area contributed by atoms with E-state index in [1.54, 1.807) is 0 Å². The number of carbonyl (C=O) groups is 1. The van der Waals surface area contributed by atoms with Crippen LogP contribution >= 0.6 is 0 Å². The first-order valence-corrected chi connectivity index (χ1v) is 7.82. The summed E-state index contributed by atoms with van der Waals surface area (Å²) in [5.74, 6) is 3.28. The van der Waals surface area contributed by atoms with E-state index >= 15 is 0 Å². The summed E-state index contributed by atoms with van der Waals surface area (Å²) in [5.41, 5.74) is 0. The lowest BCUT2D eigenvalue weighted by atomic mass is 9.82. The van der Waals surface area contributed by atoms with Crippen molar-refractivity contribution in [3.05, 3.63) is 11.6 Å². The van der Waals surface area contributed by atoms with E-state index in [2.05, 4.69) is 27.0 Å². The Hall–Kier alpha value is -1.39. The third-order valence-electron chi connectivity index (χ3n) is 4.86. The van der Waals surface area contributed by atoms with Gasteiger partial charge < -0.3 is 9.88 Å². The second kappa shape index (κ2) is 5.54. The second-order valence-corrected chi connectivity index (χ2v) is 6.48. The fourth-order valence-corrected chi connectivity index (χ4v) is 3.42. The van der Waals surface area contributed by atoms with Crippen molar-refractivity contribution in [2.75, 3.05) is 0 Å². The van der Waals surface area contributed by atoms with Gasteiger partial charge in [0, 0.05) is 24.9 Å². The van der Waals surface area contributed by atoms with Crippen LogP contribution < -0.4 is 5.32 Å². The normalized spacial score (nSPS) is 29.8. The zero-order valence-electron chi connectivity index (χ0n) is 12.4. The summed E-state index contributed by atoms with van der Waals surface area (Å²) in [5, 5.41) is 11.5. The van der Waals surface area contributed by atoms with Crippen molar-refractivity contribution in [1.82, 2.24) is 20.1 Å². The van der Waals surface area contributed by atoms with Gasteiger partial charge in [-0.2, -0.15) is 0 Å². The lowest BCUT2D eigenvalue weighted by molar-refractivity contribution is -0.127. The molecule has 1 N–H and O–H groups in total. The molecule has 0 spiro atoms. The molecule has 3 rings (SSSR count). The van der Waals surface area contributed by atoms with Crippen LogP contribution in [0.1, 0.15) is 50.7 Å². The summed E-state index contributed by atoms with van der Waals surface area (Å²) in [6.07, 6.45) is 6.38. The van der Waals surface area contributed by atoms with Crippen LogP contribution in [-0.4, -0.2) is 26.7 Å². The molecule has 0 radical (unpaired) electrons. The summed E-state index contributed by atoms with van der Waals surface area (Å²) in [6, 6.07) is 0.240. The van der Waals surface area contributed by atoms with Crippen LogP contribution in [-0.2, 0) is 17.8 Å². The lowest BCUT2D eigenvalue weighted by Crippen LogP contribution is -2.44. The third-order valence-corrected chi connectivity index (χ3v) is 4.86. The number of amides is 1. The highest BCUT2D eigenvalue weighted by atomic mass is 16.1. The number of hydrogen-bond donors (Lipinski definition) is 1. The van der Waals surface area contributed by atoms with E-state index in [1.807, 2.05) is 6.92 Å². The molecule has 1 aliphatic heterocycles. The van der Waals surface area contributed by atoms with Crippen molar-refractivity contribution in [2.24, 2.45) is 11.8 Å². The Morgan fingerprint density at radius 1 is 1.20 bits per heavy atom. The van der Waals surface area contributed by atoms with E-state index in [9.17, 15) is 4.79 Å². The van der Waals surface area contributed by atoms with Gasteiger partial charge in [0.15, 0.2) is 0 Å². The fourth-order valence-electron chi connectivity index (χ4n) is 3.42. The number of nitrogens with zero attached hydrogens (tertiary/aromatic N) is 3. The molecule has 20 heavy (non-hydrogen) atoms. The highest BCUT2D eigenvalue weighted by Gasteiger charge is 2.28. The largest absolute Gasteiger partial charge is 0.351 e. The topological polar surface area (TPSA) is 59.8 Å². The molecular weight excluding hydrogens is 252 g/mol. The summed E-state index contributed by atoms with van der Waals surface area (Å²) in [4.78, 5) is 12.4. The zero-order chi connectivity index (χ0) is 14.1. The van der Waals surface area contributed by atoms with Crippen LogP contribution in [0.5, 0.6) is 0 Å². The second-order valence-electron chi connectivity index (χ2n) is 6.48. The predicted octanol–water partition coefficient (Wildman–Crippen LogP) is 1.84. The summed E-state index contributed by atoms with van der Waals surface area (Å²) >= 11 is 0. The Morgan fingerprint density at radius 3 is 2.70 bits per heavy atom. The maximum absolute atomic E-state index is 12.4. The minimum atomic E-state index is 0.231. The zero-order valence-corrected chi connectivity index (χ0v) is 12.4. The molecule has 5 heteroatoms. The molecular formula is C15H24N4O. The van der Waals surface area contributed by atoms with Crippen LogP contribution in [0.25, 0.3) is 0 Å². The van der Waals surface area contributed by atoms with Crippen LogP contribution in [0.2, 0.25) is 0 Å². The standard InChI is InChI=1S/C15H24N4O/c1-10-3-5-12(6-4-10)15(20)16-13-7-8-14-18-17-11(2)19(14)9-13/h10,12-13H,3-9H2,1-2H3,(H,16,20). The Kier molecular flexibility index (Phi) is 3.76. The van der Waals surface area contributed by atoms with Gasteiger partial charge in [0.05, 0.1) is 0 Å². The molecule has 1 saturated carbocycles. The molecule has 2 heterocycles. The predicted molar refractivity (Wildman–Crippen MR) is 76.1 cm³/mol. The van der Waals surface area contributed by atoms with Crippen LogP contribution in [0.15, 0.2) is 0 Å². The van der Waals surface area contributed by atoms with Gasteiger partial charge in [-0.25, -0.2) is 0 Å². The quantitative estimate of drug-likeness (QED) is 0.896. The first-order valence-electron chi connectivity index (χ1n) is 7.82. The highest BCUT2D eigenvalue weighted by molar-refractivity contribution is 5.79. The molecule has 1 aliphatic carbocycles. The van der Waals surface area contributed by atoms with E-state index in [-0.39, 0.29) is 17.9 Å². The fraction of sp³-hybridized carbons (Fsp3) is 0.800. The van der Waals surface area contributed by atoms with Crippen molar-refractivity contribution >= 4 is 5.91 Å². The molecule has 1 atom stereocenters. The minimum absolute atomic E-state index is 0.231. The van der Waals surface area contributed by atoms with E-state index in [0.29, 0.717) is 0 Å². The summed E-state index contributed by atoms with van der Waals surface area (Å²) in [7, 11) is 0. The smallest absolute Gasteiger partial charge is 0.223 e. The number of aryl methyl sites for hydroxylation is 2. The van der Waals surface area contributed by atoms with Crippen molar-refractivity contribution in [2.45, 2.75) is 65.0 Å². The van der Waals surface area contributed by atoms with Gasteiger partial charge >= 0.3 is 0 Å². The molecule has 1 amide bonds. The maximum Gasteiger partial charge on any atom is 0.223 e. The highest BCUT2D eigenvalue weighted by Crippen LogP contribution is 2.28. The van der Waals surface area contributed by atoms with Crippen molar-refractivity contribution in [1.29, 1.82) is 0 Å². The average molecular weight is 276 g/mol.